The van der Waals surface area contributed by atoms with E-state index in [1.54, 1.807) is 10.7 Å². The summed E-state index contributed by atoms with van der Waals surface area (Å²) in [5, 5.41) is 15.7. The number of aromatic carboxylic acids is 1. The van der Waals surface area contributed by atoms with Gasteiger partial charge in [-0.1, -0.05) is 6.07 Å². The fraction of sp³-hybridized carbons (Fsp3) is 0.286. The van der Waals surface area contributed by atoms with Gasteiger partial charge in [0.15, 0.2) is 0 Å². The minimum Gasteiger partial charge on any atom is -0.478 e. The first-order chi connectivity index (χ1) is 9.99. The molecule has 0 aliphatic carbocycles. The van der Waals surface area contributed by atoms with Gasteiger partial charge >= 0.3 is 5.97 Å². The molecule has 21 heavy (non-hydrogen) atoms. The van der Waals surface area contributed by atoms with Crippen molar-refractivity contribution < 1.29 is 14.7 Å². The molecule has 0 aliphatic heterocycles. The molecule has 0 fully saturated rings. The third-order valence-electron chi connectivity index (χ3n) is 2.92. The SMILES string of the molecule is CC(C)n1ncnc1CNC(=O)c1cccc(C(=O)O)c1. The predicted molar refractivity (Wildman–Crippen MR) is 75.0 cm³/mol. The number of hydrogen-bond donors (Lipinski definition) is 2. The van der Waals surface area contributed by atoms with Gasteiger partial charge in [-0.3, -0.25) is 4.79 Å². The third-order valence-corrected chi connectivity index (χ3v) is 2.92. The number of benzene rings is 1. The van der Waals surface area contributed by atoms with Gasteiger partial charge in [-0.2, -0.15) is 5.10 Å². The van der Waals surface area contributed by atoms with Crippen LogP contribution in [-0.4, -0.2) is 31.7 Å². The second-order valence-electron chi connectivity index (χ2n) is 4.78. The molecular weight excluding hydrogens is 272 g/mol. The number of carbonyl (C=O) groups excluding carboxylic acids is 1. The van der Waals surface area contributed by atoms with Crippen LogP contribution in [0.15, 0.2) is 30.6 Å². The molecule has 0 radical (unpaired) electrons. The highest BCUT2D eigenvalue weighted by molar-refractivity contribution is 5.97. The molecular formula is C14H16N4O3. The van der Waals surface area contributed by atoms with Crippen LogP contribution < -0.4 is 5.32 Å². The lowest BCUT2D eigenvalue weighted by Gasteiger charge is -2.10. The largest absolute Gasteiger partial charge is 0.478 e. The molecule has 110 valence electrons. The lowest BCUT2D eigenvalue weighted by atomic mass is 10.1. The molecule has 0 atom stereocenters. The second kappa shape index (κ2) is 6.17. The molecule has 0 saturated carbocycles. The summed E-state index contributed by atoms with van der Waals surface area (Å²) in [6.45, 7) is 4.17. The molecule has 2 rings (SSSR count). The van der Waals surface area contributed by atoms with Crippen molar-refractivity contribution in [2.24, 2.45) is 0 Å². The quantitative estimate of drug-likeness (QED) is 0.868. The van der Waals surface area contributed by atoms with Crippen LogP contribution in [0, 0.1) is 0 Å². The average Bonchev–Trinajstić information content (AvgIpc) is 2.93. The minimum absolute atomic E-state index is 0.0768. The first-order valence-electron chi connectivity index (χ1n) is 6.49. The van der Waals surface area contributed by atoms with Gasteiger partial charge in [-0.05, 0) is 32.0 Å². The van der Waals surface area contributed by atoms with E-state index in [1.807, 2.05) is 13.8 Å². The van der Waals surface area contributed by atoms with E-state index < -0.39 is 5.97 Å². The maximum absolute atomic E-state index is 12.0. The van der Waals surface area contributed by atoms with E-state index in [4.69, 9.17) is 5.11 Å². The average molecular weight is 288 g/mol. The molecule has 7 heteroatoms. The molecule has 1 heterocycles. The zero-order chi connectivity index (χ0) is 15.4. The number of carboxylic acids is 1. The summed E-state index contributed by atoms with van der Waals surface area (Å²) in [5.74, 6) is -0.770. The monoisotopic (exact) mass is 288 g/mol. The van der Waals surface area contributed by atoms with Gasteiger partial charge in [0.1, 0.15) is 12.2 Å². The van der Waals surface area contributed by atoms with E-state index in [-0.39, 0.29) is 24.1 Å². The van der Waals surface area contributed by atoms with Crippen LogP contribution in [0.25, 0.3) is 0 Å². The third kappa shape index (κ3) is 3.44. The number of nitrogens with zero attached hydrogens (tertiary/aromatic N) is 3. The molecule has 0 saturated heterocycles. The van der Waals surface area contributed by atoms with Gasteiger partial charge in [0.25, 0.3) is 5.91 Å². The first-order valence-corrected chi connectivity index (χ1v) is 6.49. The van der Waals surface area contributed by atoms with Gasteiger partial charge in [-0.25, -0.2) is 14.5 Å². The maximum Gasteiger partial charge on any atom is 0.335 e. The Bertz CT molecular complexity index is 664. The molecule has 0 unspecified atom stereocenters. The van der Waals surface area contributed by atoms with E-state index >= 15 is 0 Å². The Kier molecular flexibility index (Phi) is 4.32. The minimum atomic E-state index is -1.07. The van der Waals surface area contributed by atoms with Crippen LogP contribution >= 0.6 is 0 Å². The number of hydrogen-bond acceptors (Lipinski definition) is 4. The van der Waals surface area contributed by atoms with Gasteiger partial charge in [0, 0.05) is 11.6 Å². The zero-order valence-electron chi connectivity index (χ0n) is 11.8. The molecule has 7 nitrogen and oxygen atoms in total. The van der Waals surface area contributed by atoms with Crippen molar-refractivity contribution in [1.82, 2.24) is 20.1 Å². The van der Waals surface area contributed by atoms with Crippen LogP contribution in [0.1, 0.15) is 46.4 Å². The summed E-state index contributed by atoms with van der Waals surface area (Å²) < 4.78 is 1.72. The summed E-state index contributed by atoms with van der Waals surface area (Å²) in [7, 11) is 0. The van der Waals surface area contributed by atoms with Gasteiger partial charge < -0.3 is 10.4 Å². The number of nitrogens with one attached hydrogen (secondary N) is 1. The lowest BCUT2D eigenvalue weighted by molar-refractivity contribution is 0.0697. The van der Waals surface area contributed by atoms with Crippen molar-refractivity contribution in [3.05, 3.63) is 47.5 Å². The molecule has 0 aliphatic rings. The van der Waals surface area contributed by atoms with Gasteiger partial charge in [0.2, 0.25) is 0 Å². The molecule has 0 spiro atoms. The zero-order valence-corrected chi connectivity index (χ0v) is 11.8. The Morgan fingerprint density at radius 1 is 1.33 bits per heavy atom. The maximum atomic E-state index is 12.0. The van der Waals surface area contributed by atoms with Crippen LogP contribution in [0.5, 0.6) is 0 Å². The van der Waals surface area contributed by atoms with Gasteiger partial charge in [-0.15, -0.1) is 0 Å². The van der Waals surface area contributed by atoms with Crippen LogP contribution in [0.4, 0.5) is 0 Å². The van der Waals surface area contributed by atoms with E-state index in [2.05, 4.69) is 15.4 Å². The normalized spacial score (nSPS) is 10.6. The van der Waals surface area contributed by atoms with Crippen molar-refractivity contribution in [3.8, 4) is 0 Å². The fourth-order valence-corrected chi connectivity index (χ4v) is 1.89. The summed E-state index contributed by atoms with van der Waals surface area (Å²) in [6.07, 6.45) is 1.44. The second-order valence-corrected chi connectivity index (χ2v) is 4.78. The molecule has 2 N–H and O–H groups in total. The predicted octanol–water partition coefficient (Wildman–Crippen LogP) is 1.49. The smallest absolute Gasteiger partial charge is 0.335 e. The Morgan fingerprint density at radius 3 is 2.71 bits per heavy atom. The number of aromatic nitrogens is 3. The van der Waals surface area contributed by atoms with E-state index in [0.717, 1.165) is 0 Å². The standard InChI is InChI=1S/C14H16N4O3/c1-9(2)18-12(16-8-17-18)7-15-13(19)10-4-3-5-11(6-10)14(20)21/h3-6,8-9H,7H2,1-2H3,(H,15,19)(H,20,21). The Hall–Kier alpha value is -2.70. The van der Waals surface area contributed by atoms with E-state index in [0.29, 0.717) is 11.4 Å². The first kappa shape index (κ1) is 14.7. The fourth-order valence-electron chi connectivity index (χ4n) is 1.89. The Balaban J connectivity index is 2.06. The van der Waals surface area contributed by atoms with E-state index in [9.17, 15) is 9.59 Å². The summed E-state index contributed by atoms with van der Waals surface area (Å²) >= 11 is 0. The van der Waals surface area contributed by atoms with Gasteiger partial charge in [0.05, 0.1) is 12.1 Å². The molecule has 1 amide bonds. The van der Waals surface area contributed by atoms with Crippen LogP contribution in [0.3, 0.4) is 0 Å². The van der Waals surface area contributed by atoms with Crippen molar-refractivity contribution in [3.63, 3.8) is 0 Å². The molecule has 2 aromatic rings. The highest BCUT2D eigenvalue weighted by atomic mass is 16.4. The lowest BCUT2D eigenvalue weighted by Crippen LogP contribution is -2.25. The van der Waals surface area contributed by atoms with Crippen molar-refractivity contribution in [2.75, 3.05) is 0 Å². The number of rotatable bonds is 5. The van der Waals surface area contributed by atoms with Crippen molar-refractivity contribution >= 4 is 11.9 Å². The topological polar surface area (TPSA) is 97.1 Å². The molecule has 0 bridgehead atoms. The van der Waals surface area contributed by atoms with Crippen molar-refractivity contribution in [2.45, 2.75) is 26.4 Å². The Labute approximate surface area is 121 Å². The number of carboxylic acid groups (broad SMARTS) is 1. The number of amides is 1. The van der Waals surface area contributed by atoms with Crippen LogP contribution in [-0.2, 0) is 6.54 Å². The highest BCUT2D eigenvalue weighted by Gasteiger charge is 2.12. The number of carbonyl (C=O) groups is 2. The van der Waals surface area contributed by atoms with E-state index in [1.165, 1.54) is 24.5 Å². The summed E-state index contributed by atoms with van der Waals surface area (Å²) in [5.41, 5.74) is 0.374. The van der Waals surface area contributed by atoms with Crippen molar-refractivity contribution in [1.29, 1.82) is 0 Å². The molecule has 1 aromatic carbocycles. The highest BCUT2D eigenvalue weighted by Crippen LogP contribution is 2.07. The Morgan fingerprint density at radius 2 is 2.05 bits per heavy atom. The molecule has 1 aromatic heterocycles. The van der Waals surface area contributed by atoms with Crippen LogP contribution in [0.2, 0.25) is 0 Å². The summed E-state index contributed by atoms with van der Waals surface area (Å²) in [6, 6.07) is 6.03. The summed E-state index contributed by atoms with van der Waals surface area (Å²) in [4.78, 5) is 27.0.